The summed E-state index contributed by atoms with van der Waals surface area (Å²) in [5.74, 6) is 0. The maximum Gasteiger partial charge on any atom is 0.333 e. The van der Waals surface area contributed by atoms with Crippen LogP contribution in [0.5, 0.6) is 0 Å². The molecule has 9 heteroatoms. The van der Waals surface area contributed by atoms with E-state index < -0.39 is 16.1 Å². The molecule has 178 valence electrons. The molecule has 1 aromatic heterocycles. The molecule has 0 radical (unpaired) electrons. The molecule has 1 fully saturated rings. The molecule has 8 nitrogen and oxygen atoms in total. The molecule has 33 heavy (non-hydrogen) atoms. The molecular formula is C24H33N5O3S. The van der Waals surface area contributed by atoms with Crippen LogP contribution in [0.3, 0.4) is 0 Å². The quantitative estimate of drug-likeness (QED) is 0.675. The topological polar surface area (TPSA) is 96.3 Å². The molecule has 1 saturated heterocycles. The minimum atomic E-state index is -4.08. The van der Waals surface area contributed by atoms with Crippen LogP contribution in [0, 0.1) is 0 Å². The standard InChI is InChI=1S/C24H33N5O3S/c1-24(2,16-28-12-3-4-13-28)29-14-11-21(26-29)33(31,32)27-23(30)25-22-19-9-5-7-17(19)15-18-8-6-10-20(18)22/h11,14-15H,3-10,12-13,16H2,1-2H3,(H2,25,27,30). The number of aromatic nitrogens is 2. The molecule has 5 rings (SSSR count). The molecule has 2 aromatic rings. The average molecular weight is 472 g/mol. The van der Waals surface area contributed by atoms with E-state index in [-0.39, 0.29) is 10.6 Å². The molecule has 0 bridgehead atoms. The van der Waals surface area contributed by atoms with Crippen LogP contribution in [0.1, 0.15) is 61.8 Å². The minimum Gasteiger partial charge on any atom is -0.307 e. The van der Waals surface area contributed by atoms with Crippen LogP contribution in [-0.2, 0) is 41.2 Å². The van der Waals surface area contributed by atoms with Gasteiger partial charge in [0, 0.05) is 18.4 Å². The zero-order valence-corrected chi connectivity index (χ0v) is 20.3. The van der Waals surface area contributed by atoms with Crippen LogP contribution in [0.15, 0.2) is 23.4 Å². The molecule has 2 heterocycles. The van der Waals surface area contributed by atoms with E-state index in [4.69, 9.17) is 0 Å². The summed E-state index contributed by atoms with van der Waals surface area (Å²) in [6.45, 7) is 7.01. The van der Waals surface area contributed by atoms with Crippen molar-refractivity contribution in [3.05, 3.63) is 40.6 Å². The van der Waals surface area contributed by atoms with Crippen molar-refractivity contribution < 1.29 is 13.2 Å². The highest BCUT2D eigenvalue weighted by atomic mass is 32.2. The molecule has 0 saturated carbocycles. The lowest BCUT2D eigenvalue weighted by molar-refractivity contribution is 0.195. The highest BCUT2D eigenvalue weighted by Crippen LogP contribution is 2.38. The number of anilines is 1. The summed E-state index contributed by atoms with van der Waals surface area (Å²) < 4.78 is 29.7. The Kier molecular flexibility index (Phi) is 5.73. The van der Waals surface area contributed by atoms with E-state index in [0.717, 1.165) is 75.0 Å². The van der Waals surface area contributed by atoms with Crippen LogP contribution in [0.4, 0.5) is 10.5 Å². The second-order valence-electron chi connectivity index (χ2n) is 10.2. The van der Waals surface area contributed by atoms with Gasteiger partial charge in [-0.3, -0.25) is 4.68 Å². The smallest absolute Gasteiger partial charge is 0.307 e. The Bertz CT molecular complexity index is 1150. The zero-order valence-electron chi connectivity index (χ0n) is 19.5. The van der Waals surface area contributed by atoms with Crippen molar-refractivity contribution in [1.82, 2.24) is 19.4 Å². The van der Waals surface area contributed by atoms with Gasteiger partial charge in [-0.15, -0.1) is 0 Å². The van der Waals surface area contributed by atoms with Gasteiger partial charge in [-0.2, -0.15) is 13.5 Å². The van der Waals surface area contributed by atoms with Crippen LogP contribution >= 0.6 is 0 Å². The van der Waals surface area contributed by atoms with Gasteiger partial charge < -0.3 is 10.2 Å². The first kappa shape index (κ1) is 22.4. The number of likely N-dealkylation sites (tertiary alicyclic amines) is 1. The van der Waals surface area contributed by atoms with Gasteiger partial charge in [0.25, 0.3) is 10.0 Å². The predicted molar refractivity (Wildman–Crippen MR) is 127 cm³/mol. The zero-order chi connectivity index (χ0) is 23.2. The molecule has 0 spiro atoms. The molecule has 2 amide bonds. The number of benzene rings is 1. The van der Waals surface area contributed by atoms with Gasteiger partial charge in [-0.25, -0.2) is 9.52 Å². The Morgan fingerprint density at radius 3 is 2.30 bits per heavy atom. The molecule has 1 aliphatic heterocycles. The molecular weight excluding hydrogens is 438 g/mol. The van der Waals surface area contributed by atoms with E-state index in [1.54, 1.807) is 10.9 Å². The fourth-order valence-electron chi connectivity index (χ4n) is 5.63. The third-order valence-corrected chi connectivity index (χ3v) is 8.43. The summed E-state index contributed by atoms with van der Waals surface area (Å²) in [7, 11) is -4.08. The van der Waals surface area contributed by atoms with Gasteiger partial charge in [0.05, 0.1) is 5.54 Å². The number of urea groups is 1. The maximum absolute atomic E-state index is 12.9. The van der Waals surface area contributed by atoms with Gasteiger partial charge in [0.1, 0.15) is 0 Å². The van der Waals surface area contributed by atoms with Crippen molar-refractivity contribution in [2.45, 2.75) is 75.8 Å². The maximum atomic E-state index is 12.9. The van der Waals surface area contributed by atoms with E-state index in [2.05, 4.69) is 26.1 Å². The number of aryl methyl sites for hydroxylation is 2. The Balaban J connectivity index is 1.31. The normalized spacial score (nSPS) is 18.4. The van der Waals surface area contributed by atoms with Crippen molar-refractivity contribution in [1.29, 1.82) is 0 Å². The summed E-state index contributed by atoms with van der Waals surface area (Å²) in [6, 6.07) is 3.01. The number of carbonyl (C=O) groups is 1. The highest BCUT2D eigenvalue weighted by molar-refractivity contribution is 7.90. The lowest BCUT2D eigenvalue weighted by Gasteiger charge is -2.30. The number of carbonyl (C=O) groups excluding carboxylic acids is 1. The molecule has 0 atom stereocenters. The highest BCUT2D eigenvalue weighted by Gasteiger charge is 2.30. The fraction of sp³-hybridized carbons (Fsp3) is 0.583. The summed E-state index contributed by atoms with van der Waals surface area (Å²) in [5.41, 5.74) is 5.36. The third kappa shape index (κ3) is 4.40. The van der Waals surface area contributed by atoms with Crippen molar-refractivity contribution in [3.8, 4) is 0 Å². The van der Waals surface area contributed by atoms with E-state index in [1.165, 1.54) is 30.0 Å². The first-order valence-electron chi connectivity index (χ1n) is 12.0. The largest absolute Gasteiger partial charge is 0.333 e. The number of amides is 2. The van der Waals surface area contributed by atoms with Crippen molar-refractivity contribution in [3.63, 3.8) is 0 Å². The summed E-state index contributed by atoms with van der Waals surface area (Å²) in [6.07, 6.45) is 10.1. The number of nitrogens with one attached hydrogen (secondary N) is 2. The minimum absolute atomic E-state index is 0.143. The lowest BCUT2D eigenvalue weighted by atomic mass is 9.99. The molecule has 2 N–H and O–H groups in total. The van der Waals surface area contributed by atoms with Crippen molar-refractivity contribution in [2.75, 3.05) is 25.0 Å². The van der Waals surface area contributed by atoms with Crippen molar-refractivity contribution in [2.24, 2.45) is 0 Å². The molecule has 0 unspecified atom stereocenters. The number of nitrogens with zero attached hydrogens (tertiary/aromatic N) is 3. The van der Waals surface area contributed by atoms with E-state index in [9.17, 15) is 13.2 Å². The van der Waals surface area contributed by atoms with Gasteiger partial charge in [0.15, 0.2) is 5.03 Å². The summed E-state index contributed by atoms with van der Waals surface area (Å²) in [4.78, 5) is 15.2. The number of sulfonamides is 1. The Hall–Kier alpha value is -2.39. The number of hydrogen-bond acceptors (Lipinski definition) is 5. The lowest BCUT2D eigenvalue weighted by Crippen LogP contribution is -2.40. The first-order chi connectivity index (χ1) is 15.7. The summed E-state index contributed by atoms with van der Waals surface area (Å²) in [5, 5.41) is 7.07. The van der Waals surface area contributed by atoms with Gasteiger partial charge in [0.2, 0.25) is 0 Å². The summed E-state index contributed by atoms with van der Waals surface area (Å²) >= 11 is 0. The van der Waals surface area contributed by atoms with Gasteiger partial charge >= 0.3 is 6.03 Å². The van der Waals surface area contributed by atoms with Gasteiger partial charge in [-0.05, 0) is 107 Å². The monoisotopic (exact) mass is 471 g/mol. The average Bonchev–Trinajstić information content (AvgIpc) is 3.52. The van der Waals surface area contributed by atoms with E-state index >= 15 is 0 Å². The van der Waals surface area contributed by atoms with Gasteiger partial charge in [-0.1, -0.05) is 6.07 Å². The van der Waals surface area contributed by atoms with Crippen LogP contribution < -0.4 is 10.0 Å². The Morgan fingerprint density at radius 1 is 1.03 bits per heavy atom. The van der Waals surface area contributed by atoms with Crippen molar-refractivity contribution >= 4 is 21.7 Å². The van der Waals surface area contributed by atoms with Crippen LogP contribution in [0.25, 0.3) is 0 Å². The number of fused-ring (bicyclic) bond motifs is 2. The predicted octanol–water partition coefficient (Wildman–Crippen LogP) is 3.20. The fourth-order valence-corrected chi connectivity index (χ4v) is 6.46. The van der Waals surface area contributed by atoms with E-state index in [1.807, 2.05) is 13.8 Å². The number of hydrogen-bond donors (Lipinski definition) is 2. The van der Waals surface area contributed by atoms with E-state index in [0.29, 0.717) is 0 Å². The molecule has 2 aliphatic carbocycles. The second-order valence-corrected chi connectivity index (χ2v) is 11.8. The third-order valence-electron chi connectivity index (χ3n) is 7.21. The molecule has 1 aromatic carbocycles. The Labute approximate surface area is 195 Å². The number of rotatable bonds is 6. The first-order valence-corrected chi connectivity index (χ1v) is 13.5. The van der Waals surface area contributed by atoms with Crippen LogP contribution in [-0.4, -0.2) is 48.8 Å². The second kappa shape index (κ2) is 8.43. The molecule has 3 aliphatic rings. The van der Waals surface area contributed by atoms with Crippen LogP contribution in [0.2, 0.25) is 0 Å². The SMILES string of the molecule is CC(C)(CN1CCCC1)n1ccc(S(=O)(=O)NC(=O)Nc2c3c(cc4c2CCC4)CCC3)n1. The Morgan fingerprint density at radius 2 is 1.67 bits per heavy atom.